The number of pyridine rings is 1. The molecule has 2 N–H and O–H groups in total. The predicted molar refractivity (Wildman–Crippen MR) is 113 cm³/mol. The van der Waals surface area contributed by atoms with Gasteiger partial charge in [-0.15, -0.1) is 0 Å². The topological polar surface area (TPSA) is 96.0 Å². The first-order valence-electron chi connectivity index (χ1n) is 10.2. The van der Waals surface area contributed by atoms with E-state index in [4.69, 9.17) is 4.74 Å². The van der Waals surface area contributed by atoms with E-state index in [1.807, 2.05) is 41.3 Å². The average molecular weight is 406 g/mol. The van der Waals surface area contributed by atoms with E-state index in [9.17, 15) is 4.79 Å². The van der Waals surface area contributed by atoms with Gasteiger partial charge in [0.15, 0.2) is 5.82 Å². The third kappa shape index (κ3) is 4.94. The maximum absolute atomic E-state index is 12.5. The number of aromatic nitrogens is 4. The van der Waals surface area contributed by atoms with Gasteiger partial charge in [0.2, 0.25) is 0 Å². The van der Waals surface area contributed by atoms with Crippen molar-refractivity contribution in [1.82, 2.24) is 30.4 Å². The molecule has 0 aliphatic carbocycles. The van der Waals surface area contributed by atoms with Gasteiger partial charge in [0.05, 0.1) is 7.11 Å². The van der Waals surface area contributed by atoms with E-state index in [0.29, 0.717) is 18.3 Å². The first-order valence-corrected chi connectivity index (χ1v) is 10.2. The van der Waals surface area contributed by atoms with Gasteiger partial charge in [-0.05, 0) is 48.6 Å². The molecule has 0 saturated carbocycles. The normalized spacial score (nSPS) is 14.5. The van der Waals surface area contributed by atoms with Crippen LogP contribution in [-0.2, 0) is 13.0 Å². The molecule has 4 rings (SSSR count). The lowest BCUT2D eigenvalue weighted by Crippen LogP contribution is -2.44. The molecule has 0 radical (unpaired) electrons. The molecule has 1 saturated heterocycles. The third-order valence-electron chi connectivity index (χ3n) is 5.46. The van der Waals surface area contributed by atoms with E-state index in [1.165, 1.54) is 0 Å². The van der Waals surface area contributed by atoms with Crippen molar-refractivity contribution in [1.29, 1.82) is 0 Å². The fourth-order valence-corrected chi connectivity index (χ4v) is 3.66. The van der Waals surface area contributed by atoms with Crippen molar-refractivity contribution in [2.75, 3.05) is 20.2 Å². The van der Waals surface area contributed by atoms with Crippen LogP contribution >= 0.6 is 0 Å². The minimum atomic E-state index is -0.0103. The fraction of sp³-hybridized carbons (Fsp3) is 0.364. The number of rotatable bonds is 6. The zero-order valence-electron chi connectivity index (χ0n) is 17.0. The Bertz CT molecular complexity index is 949. The van der Waals surface area contributed by atoms with Gasteiger partial charge in [-0.1, -0.05) is 12.1 Å². The molecular formula is C22H26N6O2. The predicted octanol–water partition coefficient (Wildman–Crippen LogP) is 3.04. The lowest BCUT2D eigenvalue weighted by Gasteiger charge is -2.31. The summed E-state index contributed by atoms with van der Waals surface area (Å²) < 4.78 is 5.16. The van der Waals surface area contributed by atoms with Crippen molar-refractivity contribution >= 4 is 6.03 Å². The number of amides is 2. The molecule has 1 aromatic carbocycles. The van der Waals surface area contributed by atoms with Crippen LogP contribution in [0.4, 0.5) is 4.79 Å². The van der Waals surface area contributed by atoms with Crippen LogP contribution < -0.4 is 10.1 Å². The van der Waals surface area contributed by atoms with E-state index < -0.39 is 0 Å². The number of likely N-dealkylation sites (tertiary alicyclic amines) is 1. The lowest BCUT2D eigenvalue weighted by molar-refractivity contribution is 0.169. The van der Waals surface area contributed by atoms with E-state index >= 15 is 0 Å². The van der Waals surface area contributed by atoms with Gasteiger partial charge >= 0.3 is 6.03 Å². The number of carbonyl (C=O) groups is 1. The maximum atomic E-state index is 12.5. The summed E-state index contributed by atoms with van der Waals surface area (Å²) >= 11 is 0. The molecule has 0 unspecified atom stereocenters. The van der Waals surface area contributed by atoms with Crippen molar-refractivity contribution < 1.29 is 9.53 Å². The Morgan fingerprint density at radius 2 is 1.90 bits per heavy atom. The number of ether oxygens (including phenoxy) is 1. The van der Waals surface area contributed by atoms with E-state index in [-0.39, 0.29) is 6.03 Å². The maximum Gasteiger partial charge on any atom is 0.317 e. The Balaban J connectivity index is 1.22. The zero-order valence-corrected chi connectivity index (χ0v) is 17.0. The number of aromatic amines is 1. The smallest absolute Gasteiger partial charge is 0.317 e. The second-order valence-corrected chi connectivity index (χ2v) is 7.48. The molecule has 1 aliphatic heterocycles. The van der Waals surface area contributed by atoms with Crippen molar-refractivity contribution in [3.63, 3.8) is 0 Å². The molecule has 156 valence electrons. The molecule has 0 bridgehead atoms. The number of nitrogens with one attached hydrogen (secondary N) is 2. The van der Waals surface area contributed by atoms with Crippen molar-refractivity contribution in [2.24, 2.45) is 5.92 Å². The number of nitrogens with zero attached hydrogens (tertiary/aromatic N) is 4. The highest BCUT2D eigenvalue weighted by Gasteiger charge is 2.23. The van der Waals surface area contributed by atoms with Gasteiger partial charge in [0.1, 0.15) is 11.6 Å². The average Bonchev–Trinajstić information content (AvgIpc) is 3.27. The molecule has 0 atom stereocenters. The van der Waals surface area contributed by atoms with E-state index in [0.717, 1.165) is 55.1 Å². The zero-order chi connectivity index (χ0) is 20.8. The van der Waals surface area contributed by atoms with E-state index in [1.54, 1.807) is 19.5 Å². The fourth-order valence-electron chi connectivity index (χ4n) is 3.66. The highest BCUT2D eigenvalue weighted by molar-refractivity contribution is 5.74. The molecule has 3 heterocycles. The number of piperidine rings is 1. The molecule has 3 aromatic rings. The summed E-state index contributed by atoms with van der Waals surface area (Å²) in [5, 5.41) is 10.4. The minimum absolute atomic E-state index is 0.0103. The summed E-state index contributed by atoms with van der Waals surface area (Å²) in [5.74, 6) is 2.90. The second kappa shape index (κ2) is 9.39. The molecule has 8 nitrogen and oxygen atoms in total. The van der Waals surface area contributed by atoms with Crippen LogP contribution in [0.3, 0.4) is 0 Å². The summed E-state index contributed by atoms with van der Waals surface area (Å²) in [4.78, 5) is 23.0. The van der Waals surface area contributed by atoms with Crippen molar-refractivity contribution in [3.05, 3.63) is 60.2 Å². The molecule has 30 heavy (non-hydrogen) atoms. The van der Waals surface area contributed by atoms with Gasteiger partial charge in [0, 0.05) is 44.0 Å². The Kier molecular flexibility index (Phi) is 6.22. The summed E-state index contributed by atoms with van der Waals surface area (Å²) in [6.45, 7) is 2.02. The number of H-pyrrole nitrogens is 1. The number of hydrogen-bond acceptors (Lipinski definition) is 5. The molecule has 8 heteroatoms. The van der Waals surface area contributed by atoms with Crippen LogP contribution in [0.5, 0.6) is 5.75 Å². The first kappa shape index (κ1) is 19.9. The molecule has 1 fully saturated rings. The number of urea groups is 1. The van der Waals surface area contributed by atoms with Crippen LogP contribution in [0, 0.1) is 5.92 Å². The largest absolute Gasteiger partial charge is 0.497 e. The molecular weight excluding hydrogens is 380 g/mol. The number of carbonyl (C=O) groups excluding carboxylic acids is 1. The van der Waals surface area contributed by atoms with E-state index in [2.05, 4.69) is 25.5 Å². The van der Waals surface area contributed by atoms with Crippen LogP contribution in [0.25, 0.3) is 11.4 Å². The monoisotopic (exact) mass is 406 g/mol. The summed E-state index contributed by atoms with van der Waals surface area (Å²) in [6.07, 6.45) is 6.24. The van der Waals surface area contributed by atoms with Crippen molar-refractivity contribution in [2.45, 2.75) is 25.8 Å². The number of benzene rings is 1. The molecule has 2 aromatic heterocycles. The van der Waals surface area contributed by atoms with Crippen LogP contribution in [0.2, 0.25) is 0 Å². The van der Waals surface area contributed by atoms with Gasteiger partial charge in [0.25, 0.3) is 0 Å². The van der Waals surface area contributed by atoms with Gasteiger partial charge < -0.3 is 15.0 Å². The Hall–Kier alpha value is -3.42. The highest BCUT2D eigenvalue weighted by Crippen LogP contribution is 2.22. The Morgan fingerprint density at radius 3 is 2.60 bits per heavy atom. The second-order valence-electron chi connectivity index (χ2n) is 7.48. The number of hydrogen-bond donors (Lipinski definition) is 2. The third-order valence-corrected chi connectivity index (χ3v) is 5.46. The molecule has 1 aliphatic rings. The Morgan fingerprint density at radius 1 is 1.17 bits per heavy atom. The van der Waals surface area contributed by atoms with Gasteiger partial charge in [-0.2, -0.15) is 5.10 Å². The minimum Gasteiger partial charge on any atom is -0.497 e. The Labute approximate surface area is 175 Å². The van der Waals surface area contributed by atoms with Crippen LogP contribution in [0.1, 0.15) is 24.2 Å². The first-order chi connectivity index (χ1) is 14.7. The highest BCUT2D eigenvalue weighted by atomic mass is 16.5. The molecule has 0 spiro atoms. The quantitative estimate of drug-likeness (QED) is 0.656. The summed E-state index contributed by atoms with van der Waals surface area (Å²) in [6, 6.07) is 11.5. The van der Waals surface area contributed by atoms with Crippen LogP contribution in [0.15, 0.2) is 48.8 Å². The molecule has 2 amide bonds. The standard InChI is InChI=1S/C22H26N6O2/c1-30-19-4-2-17(3-5-19)15-24-22(29)28-12-8-16(9-13-28)14-20-25-21(27-26-20)18-6-10-23-11-7-18/h2-7,10-11,16H,8-9,12-15H2,1H3,(H,24,29)(H,25,26,27). The SMILES string of the molecule is COc1ccc(CNC(=O)N2CCC(Cc3nc(-c4ccncc4)n[nH]3)CC2)cc1. The summed E-state index contributed by atoms with van der Waals surface area (Å²) in [5.41, 5.74) is 2.00. The number of methoxy groups -OCH3 is 1. The van der Waals surface area contributed by atoms with Gasteiger partial charge in [-0.3, -0.25) is 10.1 Å². The van der Waals surface area contributed by atoms with Gasteiger partial charge in [-0.25, -0.2) is 9.78 Å². The lowest BCUT2D eigenvalue weighted by atomic mass is 9.93. The summed E-state index contributed by atoms with van der Waals surface area (Å²) in [7, 11) is 1.64. The van der Waals surface area contributed by atoms with Crippen molar-refractivity contribution in [3.8, 4) is 17.1 Å². The van der Waals surface area contributed by atoms with Crippen LogP contribution in [-0.4, -0.2) is 51.3 Å².